The molecule has 6 rings (SSSR count). The number of aryl methyl sites for hydroxylation is 1. The van der Waals surface area contributed by atoms with E-state index < -0.39 is 5.41 Å². The second kappa shape index (κ2) is 8.41. The predicted molar refractivity (Wildman–Crippen MR) is 129 cm³/mol. The van der Waals surface area contributed by atoms with Crippen LogP contribution >= 0.6 is 0 Å². The molecule has 2 amide bonds. The molecule has 3 atom stereocenters. The second-order valence-corrected chi connectivity index (χ2v) is 11.4. The highest BCUT2D eigenvalue weighted by Crippen LogP contribution is 2.60. The number of aliphatic imine (C=N–C) groups is 1. The van der Waals surface area contributed by atoms with Crippen LogP contribution in [0.5, 0.6) is 0 Å². The Bertz CT molecular complexity index is 1060. The van der Waals surface area contributed by atoms with Crippen molar-refractivity contribution in [3.63, 3.8) is 0 Å². The molecule has 1 aliphatic heterocycles. The van der Waals surface area contributed by atoms with Gasteiger partial charge in [-0.15, -0.1) is 0 Å². The highest BCUT2D eigenvalue weighted by molar-refractivity contribution is 6.08. The Morgan fingerprint density at radius 1 is 1.26 bits per heavy atom. The summed E-state index contributed by atoms with van der Waals surface area (Å²) in [5.74, 6) is 1.58. The Balaban J connectivity index is 1.37. The monoisotopic (exact) mass is 461 g/mol. The Morgan fingerprint density at radius 3 is 2.62 bits per heavy atom. The Kier molecular flexibility index (Phi) is 5.66. The van der Waals surface area contributed by atoms with Crippen LogP contribution in [0.3, 0.4) is 0 Å². The minimum Gasteiger partial charge on any atom is -0.369 e. The highest BCUT2D eigenvalue weighted by Gasteiger charge is 2.58. The van der Waals surface area contributed by atoms with Crippen LogP contribution in [-0.4, -0.2) is 35.1 Å². The highest BCUT2D eigenvalue weighted by atomic mass is 16.2. The fourth-order valence-corrected chi connectivity index (χ4v) is 7.63. The van der Waals surface area contributed by atoms with Gasteiger partial charge in [0.2, 0.25) is 18.0 Å². The van der Waals surface area contributed by atoms with Gasteiger partial charge in [0, 0.05) is 24.5 Å². The number of primary amides is 1. The molecule has 1 heterocycles. The van der Waals surface area contributed by atoms with E-state index in [1.165, 1.54) is 5.56 Å². The number of nitrogens with one attached hydrogen (secondary N) is 1. The average molecular weight is 462 g/mol. The van der Waals surface area contributed by atoms with E-state index in [2.05, 4.69) is 29.4 Å². The van der Waals surface area contributed by atoms with Crippen molar-refractivity contribution < 1.29 is 9.59 Å². The first-order valence-electron chi connectivity index (χ1n) is 12.6. The lowest BCUT2D eigenvalue weighted by Crippen LogP contribution is -2.64. The lowest BCUT2D eigenvalue weighted by Gasteiger charge is -2.59. The normalized spacial score (nSPS) is 36.9. The maximum Gasteiger partial charge on any atom is 0.236 e. The maximum atomic E-state index is 13.8. The van der Waals surface area contributed by atoms with Crippen LogP contribution in [0.15, 0.2) is 29.3 Å². The van der Waals surface area contributed by atoms with Crippen LogP contribution in [0.25, 0.3) is 0 Å². The molecule has 0 aromatic heterocycles. The van der Waals surface area contributed by atoms with Gasteiger partial charge in [-0.1, -0.05) is 24.3 Å². The summed E-state index contributed by atoms with van der Waals surface area (Å²) >= 11 is 0. The number of nitrogens with zero attached hydrogens (tertiary/aromatic N) is 3. The molecule has 5 aliphatic rings. The molecular formula is C27H35N5O2. The van der Waals surface area contributed by atoms with Crippen molar-refractivity contribution in [3.8, 4) is 6.19 Å². The molecule has 180 valence electrons. The van der Waals surface area contributed by atoms with E-state index in [1.54, 1.807) is 0 Å². The second-order valence-electron chi connectivity index (χ2n) is 11.4. The van der Waals surface area contributed by atoms with Crippen molar-refractivity contribution in [1.29, 1.82) is 5.26 Å². The van der Waals surface area contributed by atoms with E-state index in [0.717, 1.165) is 44.1 Å². The van der Waals surface area contributed by atoms with Crippen LogP contribution < -0.4 is 11.1 Å². The van der Waals surface area contributed by atoms with Crippen molar-refractivity contribution in [1.82, 2.24) is 10.2 Å². The van der Waals surface area contributed by atoms with Gasteiger partial charge in [-0.3, -0.25) is 9.59 Å². The standard InChI is InChI=1S/C27H35N5O2/c1-17-6-3-4-7-19(17)15-32-9-5-8-26(2,25(32)34)24(30-16-28)31-22-20-10-18-11-21(22)14-27(12-18,13-20)23(29)33/h3-4,6-7,18,20-22H,5,8-15H2,1-2H3,(H2,29,33)(H,30,31). The number of likely N-dealkylation sites (tertiary alicyclic amines) is 1. The summed E-state index contributed by atoms with van der Waals surface area (Å²) in [6.45, 7) is 5.28. The van der Waals surface area contributed by atoms with Gasteiger partial charge in [0.15, 0.2) is 0 Å². The summed E-state index contributed by atoms with van der Waals surface area (Å²) in [4.78, 5) is 32.2. The van der Waals surface area contributed by atoms with E-state index in [0.29, 0.717) is 43.1 Å². The summed E-state index contributed by atoms with van der Waals surface area (Å²) < 4.78 is 0. The van der Waals surface area contributed by atoms with Crippen molar-refractivity contribution in [2.24, 2.45) is 39.3 Å². The summed E-state index contributed by atoms with van der Waals surface area (Å²) in [6.07, 6.45) is 8.18. The summed E-state index contributed by atoms with van der Waals surface area (Å²) in [5, 5.41) is 13.2. The Labute approximate surface area is 201 Å². The first-order chi connectivity index (χ1) is 16.3. The van der Waals surface area contributed by atoms with Gasteiger partial charge in [-0.05, 0) is 87.7 Å². The fourth-order valence-electron chi connectivity index (χ4n) is 7.63. The first kappa shape index (κ1) is 22.9. The zero-order valence-electron chi connectivity index (χ0n) is 20.2. The fraction of sp³-hybridized carbons (Fsp3) is 0.630. The Morgan fingerprint density at radius 2 is 1.97 bits per heavy atom. The average Bonchev–Trinajstić information content (AvgIpc) is 2.79. The molecule has 0 spiro atoms. The molecule has 1 aromatic rings. The van der Waals surface area contributed by atoms with E-state index in [4.69, 9.17) is 5.73 Å². The van der Waals surface area contributed by atoms with Gasteiger partial charge in [-0.2, -0.15) is 10.3 Å². The number of benzene rings is 1. The number of nitriles is 1. The van der Waals surface area contributed by atoms with Gasteiger partial charge < -0.3 is 16.0 Å². The molecule has 4 aliphatic carbocycles. The molecule has 3 N–H and O–H groups in total. The number of carbonyl (C=O) groups is 2. The molecule has 7 heteroatoms. The SMILES string of the molecule is Cc1ccccc1CN1CCCC(C)(/C(=N\C#N)NC2C3CC4CC2CC(C(N)=O)(C4)C3)C1=O. The number of rotatable bonds is 5. The van der Waals surface area contributed by atoms with Crippen LogP contribution in [0.1, 0.15) is 63.0 Å². The zero-order chi connectivity index (χ0) is 24.1. The predicted octanol–water partition coefficient (Wildman–Crippen LogP) is 3.27. The number of hydrogen-bond acceptors (Lipinski definition) is 4. The molecule has 0 radical (unpaired) electrons. The molecule has 5 fully saturated rings. The first-order valence-corrected chi connectivity index (χ1v) is 12.6. The number of nitrogens with two attached hydrogens (primary N) is 1. The smallest absolute Gasteiger partial charge is 0.236 e. The van der Waals surface area contributed by atoms with Crippen LogP contribution in [0.2, 0.25) is 0 Å². The molecule has 4 bridgehead atoms. The molecule has 34 heavy (non-hydrogen) atoms. The number of piperidine rings is 1. The van der Waals surface area contributed by atoms with Gasteiger partial charge in [0.25, 0.3) is 0 Å². The van der Waals surface area contributed by atoms with Crippen molar-refractivity contribution >= 4 is 17.6 Å². The van der Waals surface area contributed by atoms with Crippen LogP contribution in [0, 0.1) is 47.0 Å². The third-order valence-electron chi connectivity index (χ3n) is 9.27. The van der Waals surface area contributed by atoms with E-state index >= 15 is 0 Å². The molecular weight excluding hydrogens is 426 g/mol. The largest absolute Gasteiger partial charge is 0.369 e. The maximum absolute atomic E-state index is 13.8. The third-order valence-corrected chi connectivity index (χ3v) is 9.27. The summed E-state index contributed by atoms with van der Waals surface area (Å²) in [6, 6.07) is 8.28. The van der Waals surface area contributed by atoms with Gasteiger partial charge >= 0.3 is 0 Å². The summed E-state index contributed by atoms with van der Waals surface area (Å²) in [7, 11) is 0. The number of amidine groups is 1. The minimum absolute atomic E-state index is 0.0286. The third kappa shape index (κ3) is 3.68. The van der Waals surface area contributed by atoms with E-state index in [9.17, 15) is 14.9 Å². The van der Waals surface area contributed by atoms with E-state index in [1.807, 2.05) is 30.1 Å². The number of hydrogen-bond donors (Lipinski definition) is 2. The van der Waals surface area contributed by atoms with Gasteiger partial charge in [-0.25, -0.2) is 0 Å². The number of amides is 2. The van der Waals surface area contributed by atoms with Gasteiger partial charge in [0.05, 0.1) is 0 Å². The van der Waals surface area contributed by atoms with Crippen LogP contribution in [-0.2, 0) is 16.1 Å². The molecule has 7 nitrogen and oxygen atoms in total. The summed E-state index contributed by atoms with van der Waals surface area (Å²) in [5.41, 5.74) is 6.95. The van der Waals surface area contributed by atoms with Crippen molar-refractivity contribution in [3.05, 3.63) is 35.4 Å². The Hall–Kier alpha value is -2.88. The molecule has 1 saturated heterocycles. The molecule has 4 saturated carbocycles. The lowest BCUT2D eigenvalue weighted by molar-refractivity contribution is -0.145. The van der Waals surface area contributed by atoms with Crippen molar-refractivity contribution in [2.45, 2.75) is 71.4 Å². The quantitative estimate of drug-likeness (QED) is 0.398. The lowest BCUT2D eigenvalue weighted by atomic mass is 9.47. The van der Waals surface area contributed by atoms with E-state index in [-0.39, 0.29) is 23.3 Å². The van der Waals surface area contributed by atoms with Crippen molar-refractivity contribution in [2.75, 3.05) is 6.54 Å². The molecule has 3 unspecified atom stereocenters. The van der Waals surface area contributed by atoms with Crippen LogP contribution in [0.4, 0.5) is 0 Å². The number of carbonyl (C=O) groups excluding carboxylic acids is 2. The van der Waals surface area contributed by atoms with Gasteiger partial charge in [0.1, 0.15) is 11.3 Å². The molecule has 1 aromatic carbocycles. The topological polar surface area (TPSA) is 112 Å². The minimum atomic E-state index is -0.854. The zero-order valence-corrected chi connectivity index (χ0v) is 20.2.